The summed E-state index contributed by atoms with van der Waals surface area (Å²) in [7, 11) is 0. The van der Waals surface area contributed by atoms with Gasteiger partial charge in [0.2, 0.25) is 17.7 Å². The van der Waals surface area contributed by atoms with Crippen LogP contribution in [0, 0.1) is 6.92 Å². The van der Waals surface area contributed by atoms with Gasteiger partial charge in [-0.15, -0.1) is 0 Å². The van der Waals surface area contributed by atoms with Gasteiger partial charge < -0.3 is 20.3 Å². The van der Waals surface area contributed by atoms with Gasteiger partial charge in [0, 0.05) is 38.2 Å². The van der Waals surface area contributed by atoms with Crippen molar-refractivity contribution in [3.63, 3.8) is 0 Å². The molecule has 8 heteroatoms. The predicted molar refractivity (Wildman–Crippen MR) is 117 cm³/mol. The first-order valence-electron chi connectivity index (χ1n) is 11.4. The summed E-state index contributed by atoms with van der Waals surface area (Å²) in [6.45, 7) is 3.00. The summed E-state index contributed by atoms with van der Waals surface area (Å²) in [4.78, 5) is 43.4. The quantitative estimate of drug-likeness (QED) is 0.627. The molecule has 0 radical (unpaired) electrons. The molecule has 170 valence electrons. The SMILES string of the molecule is Cc1ccnc(NC(=O)CCC(=O)N(CC(=O)NC2CCCCC2)C[C@@H]2CCCO2)c1. The number of carbonyl (C=O) groups is 3. The number of aryl methyl sites for hydroxylation is 1. The molecule has 3 rings (SSSR count). The number of nitrogens with one attached hydrogen (secondary N) is 2. The molecule has 1 atom stereocenters. The summed E-state index contributed by atoms with van der Waals surface area (Å²) in [5.41, 5.74) is 0.994. The van der Waals surface area contributed by atoms with Crippen LogP contribution in [0.5, 0.6) is 0 Å². The minimum atomic E-state index is -0.268. The third-order valence-corrected chi connectivity index (χ3v) is 5.85. The number of pyridine rings is 1. The maximum atomic E-state index is 12.9. The zero-order valence-electron chi connectivity index (χ0n) is 18.4. The second-order valence-corrected chi connectivity index (χ2v) is 8.58. The van der Waals surface area contributed by atoms with Gasteiger partial charge >= 0.3 is 0 Å². The van der Waals surface area contributed by atoms with Gasteiger partial charge in [-0.25, -0.2) is 4.98 Å². The second kappa shape index (κ2) is 11.8. The third kappa shape index (κ3) is 7.94. The van der Waals surface area contributed by atoms with Gasteiger partial charge in [-0.3, -0.25) is 14.4 Å². The van der Waals surface area contributed by atoms with Crippen molar-refractivity contribution < 1.29 is 19.1 Å². The number of ether oxygens (including phenoxy) is 1. The van der Waals surface area contributed by atoms with E-state index < -0.39 is 0 Å². The summed E-state index contributed by atoms with van der Waals surface area (Å²) in [6.07, 6.45) is 9.00. The zero-order chi connectivity index (χ0) is 22.1. The number of anilines is 1. The van der Waals surface area contributed by atoms with Crippen molar-refractivity contribution in [3.8, 4) is 0 Å². The normalized spacial score (nSPS) is 19.1. The highest BCUT2D eigenvalue weighted by Crippen LogP contribution is 2.18. The van der Waals surface area contributed by atoms with Gasteiger partial charge in [0.25, 0.3) is 0 Å². The molecule has 1 aromatic heterocycles. The summed E-state index contributed by atoms with van der Waals surface area (Å²) in [6, 6.07) is 3.83. The van der Waals surface area contributed by atoms with Gasteiger partial charge in [-0.2, -0.15) is 0 Å². The molecule has 0 aromatic carbocycles. The molecule has 2 N–H and O–H groups in total. The van der Waals surface area contributed by atoms with E-state index in [1.807, 2.05) is 13.0 Å². The Balaban J connectivity index is 1.51. The van der Waals surface area contributed by atoms with E-state index in [4.69, 9.17) is 4.74 Å². The molecule has 8 nitrogen and oxygen atoms in total. The first-order chi connectivity index (χ1) is 15.0. The average molecular weight is 431 g/mol. The largest absolute Gasteiger partial charge is 0.376 e. The number of hydrogen-bond donors (Lipinski definition) is 2. The number of carbonyl (C=O) groups excluding carboxylic acids is 3. The van der Waals surface area contributed by atoms with Crippen molar-refractivity contribution in [2.24, 2.45) is 0 Å². The van der Waals surface area contributed by atoms with Crippen LogP contribution < -0.4 is 10.6 Å². The number of nitrogens with zero attached hydrogens (tertiary/aromatic N) is 2. The Bertz CT molecular complexity index is 758. The van der Waals surface area contributed by atoms with E-state index in [2.05, 4.69) is 15.6 Å². The Kier molecular flexibility index (Phi) is 8.82. The van der Waals surface area contributed by atoms with Crippen LogP contribution >= 0.6 is 0 Å². The lowest BCUT2D eigenvalue weighted by Crippen LogP contribution is -2.47. The van der Waals surface area contributed by atoms with E-state index in [1.54, 1.807) is 17.2 Å². The molecule has 1 saturated carbocycles. The molecule has 0 bridgehead atoms. The Hall–Kier alpha value is -2.48. The lowest BCUT2D eigenvalue weighted by Gasteiger charge is -2.27. The maximum absolute atomic E-state index is 12.9. The van der Waals surface area contributed by atoms with E-state index in [0.29, 0.717) is 19.0 Å². The topological polar surface area (TPSA) is 101 Å². The van der Waals surface area contributed by atoms with Crippen LogP contribution in [0.3, 0.4) is 0 Å². The van der Waals surface area contributed by atoms with Gasteiger partial charge in [0.1, 0.15) is 5.82 Å². The lowest BCUT2D eigenvalue weighted by atomic mass is 9.95. The first-order valence-corrected chi connectivity index (χ1v) is 11.4. The number of aromatic nitrogens is 1. The summed E-state index contributed by atoms with van der Waals surface area (Å²) < 4.78 is 5.67. The first kappa shape index (κ1) is 23.2. The Labute approximate surface area is 184 Å². The molecule has 1 saturated heterocycles. The van der Waals surface area contributed by atoms with E-state index >= 15 is 0 Å². The van der Waals surface area contributed by atoms with Crippen LogP contribution in [0.15, 0.2) is 18.3 Å². The Morgan fingerprint density at radius 3 is 2.61 bits per heavy atom. The monoisotopic (exact) mass is 430 g/mol. The van der Waals surface area contributed by atoms with Crippen molar-refractivity contribution >= 4 is 23.5 Å². The molecule has 2 heterocycles. The molecule has 2 aliphatic rings. The molecule has 1 aliphatic carbocycles. The van der Waals surface area contributed by atoms with Crippen molar-refractivity contribution in [3.05, 3.63) is 23.9 Å². The maximum Gasteiger partial charge on any atom is 0.239 e. The minimum absolute atomic E-state index is 0.0102. The van der Waals surface area contributed by atoms with Crippen molar-refractivity contribution in [1.82, 2.24) is 15.2 Å². The van der Waals surface area contributed by atoms with Gasteiger partial charge in [-0.05, 0) is 50.3 Å². The lowest BCUT2D eigenvalue weighted by molar-refractivity contribution is -0.138. The molecule has 2 fully saturated rings. The summed E-state index contributed by atoms with van der Waals surface area (Å²) in [5.74, 6) is -0.135. The van der Waals surface area contributed by atoms with E-state index in [1.165, 1.54) is 6.42 Å². The molecular weight excluding hydrogens is 396 g/mol. The van der Waals surface area contributed by atoms with Gasteiger partial charge in [0.05, 0.1) is 12.6 Å². The van der Waals surface area contributed by atoms with Crippen molar-refractivity contribution in [2.45, 2.75) is 76.9 Å². The second-order valence-electron chi connectivity index (χ2n) is 8.58. The van der Waals surface area contributed by atoms with Crippen LogP contribution in [0.25, 0.3) is 0 Å². The summed E-state index contributed by atoms with van der Waals surface area (Å²) >= 11 is 0. The van der Waals surface area contributed by atoms with E-state index in [9.17, 15) is 14.4 Å². The van der Waals surface area contributed by atoms with E-state index in [-0.39, 0.29) is 49.3 Å². The third-order valence-electron chi connectivity index (χ3n) is 5.85. The molecule has 31 heavy (non-hydrogen) atoms. The highest BCUT2D eigenvalue weighted by atomic mass is 16.5. The van der Waals surface area contributed by atoms with Gasteiger partial charge in [0.15, 0.2) is 0 Å². The van der Waals surface area contributed by atoms with Crippen LogP contribution in [0.1, 0.15) is 63.4 Å². The molecular formula is C23H34N4O4. The molecule has 0 unspecified atom stereocenters. The van der Waals surface area contributed by atoms with Crippen LogP contribution in [0.4, 0.5) is 5.82 Å². The number of hydrogen-bond acceptors (Lipinski definition) is 5. The van der Waals surface area contributed by atoms with Crippen LogP contribution in [-0.4, -0.2) is 59.4 Å². The summed E-state index contributed by atoms with van der Waals surface area (Å²) in [5, 5.41) is 5.79. The molecule has 1 aliphatic heterocycles. The average Bonchev–Trinajstić information content (AvgIpc) is 3.25. The zero-order valence-corrected chi connectivity index (χ0v) is 18.4. The molecule has 0 spiro atoms. The highest BCUT2D eigenvalue weighted by molar-refractivity contribution is 5.93. The molecule has 3 amide bonds. The van der Waals surface area contributed by atoms with Crippen molar-refractivity contribution in [2.75, 3.05) is 25.0 Å². The fraction of sp³-hybridized carbons (Fsp3) is 0.652. The van der Waals surface area contributed by atoms with Gasteiger partial charge in [-0.1, -0.05) is 19.3 Å². The van der Waals surface area contributed by atoms with Crippen molar-refractivity contribution in [1.29, 1.82) is 0 Å². The fourth-order valence-electron chi connectivity index (χ4n) is 4.17. The van der Waals surface area contributed by atoms with Crippen LogP contribution in [-0.2, 0) is 19.1 Å². The standard InChI is InChI=1S/C23H34N4O4/c1-17-11-12-24-20(14-17)26-21(28)9-10-23(30)27(15-19-8-5-13-31-19)16-22(29)25-18-6-3-2-4-7-18/h11-12,14,18-19H,2-10,13,15-16H2,1H3,(H,25,29)(H,24,26,28)/t19-/m0/s1. The van der Waals surface area contributed by atoms with Crippen LogP contribution in [0.2, 0.25) is 0 Å². The fourth-order valence-corrected chi connectivity index (χ4v) is 4.17. The highest BCUT2D eigenvalue weighted by Gasteiger charge is 2.26. The minimum Gasteiger partial charge on any atom is -0.376 e. The van der Waals surface area contributed by atoms with E-state index in [0.717, 1.165) is 44.1 Å². The smallest absolute Gasteiger partial charge is 0.239 e. The predicted octanol–water partition coefficient (Wildman–Crippen LogP) is 2.57. The number of rotatable bonds is 9. The molecule has 1 aromatic rings. The number of amides is 3. The Morgan fingerprint density at radius 2 is 1.90 bits per heavy atom. The Morgan fingerprint density at radius 1 is 1.10 bits per heavy atom.